The number of likely N-dealkylation sites (N-methyl/N-ethyl adjacent to an activating group) is 1. The number of halogens is 1. The van der Waals surface area contributed by atoms with Crippen LogP contribution in [0.15, 0.2) is 24.3 Å². The molecule has 1 nitrogen and oxygen atoms in total. The molecule has 0 bridgehead atoms. The Labute approximate surface area is 103 Å². The lowest BCUT2D eigenvalue weighted by Crippen LogP contribution is -2.30. The molecule has 92 valence electrons. The number of nitrogens with one attached hydrogen (secondary N) is 1. The molecule has 1 N–H and O–H groups in total. The second-order valence-corrected chi connectivity index (χ2v) is 4.18. The SMILES string of the molecule is C#CCCCC(Cc1cccc(F)c1)NCC. The van der Waals surface area contributed by atoms with Crippen molar-refractivity contribution in [2.24, 2.45) is 0 Å². The molecule has 0 spiro atoms. The first kappa shape index (κ1) is 13.7. The van der Waals surface area contributed by atoms with E-state index >= 15 is 0 Å². The minimum Gasteiger partial charge on any atom is -0.314 e. The van der Waals surface area contributed by atoms with Gasteiger partial charge in [0.25, 0.3) is 0 Å². The maximum absolute atomic E-state index is 13.1. The van der Waals surface area contributed by atoms with Gasteiger partial charge in [0.15, 0.2) is 0 Å². The van der Waals surface area contributed by atoms with Gasteiger partial charge in [-0.15, -0.1) is 12.3 Å². The Morgan fingerprint density at radius 2 is 2.29 bits per heavy atom. The summed E-state index contributed by atoms with van der Waals surface area (Å²) < 4.78 is 13.1. The van der Waals surface area contributed by atoms with Crippen LogP contribution in [0.25, 0.3) is 0 Å². The van der Waals surface area contributed by atoms with Crippen LogP contribution in [-0.2, 0) is 6.42 Å². The topological polar surface area (TPSA) is 12.0 Å². The minimum absolute atomic E-state index is 0.165. The summed E-state index contributed by atoms with van der Waals surface area (Å²) in [7, 11) is 0. The smallest absolute Gasteiger partial charge is 0.123 e. The van der Waals surface area contributed by atoms with Gasteiger partial charge in [-0.1, -0.05) is 19.1 Å². The molecular weight excluding hydrogens is 213 g/mol. The molecule has 0 aliphatic carbocycles. The monoisotopic (exact) mass is 233 g/mol. The summed E-state index contributed by atoms with van der Waals surface area (Å²) in [4.78, 5) is 0. The van der Waals surface area contributed by atoms with Crippen LogP contribution in [0.1, 0.15) is 31.7 Å². The molecule has 0 fully saturated rings. The lowest BCUT2D eigenvalue weighted by Gasteiger charge is -2.17. The second-order valence-electron chi connectivity index (χ2n) is 4.18. The molecule has 2 heteroatoms. The molecule has 0 amide bonds. The Bertz CT molecular complexity index is 367. The highest BCUT2D eigenvalue weighted by atomic mass is 19.1. The average molecular weight is 233 g/mol. The Morgan fingerprint density at radius 3 is 2.94 bits per heavy atom. The zero-order valence-electron chi connectivity index (χ0n) is 10.4. The molecule has 1 unspecified atom stereocenters. The van der Waals surface area contributed by atoms with Gasteiger partial charge >= 0.3 is 0 Å². The zero-order valence-corrected chi connectivity index (χ0v) is 10.4. The van der Waals surface area contributed by atoms with Crippen molar-refractivity contribution in [3.63, 3.8) is 0 Å². The van der Waals surface area contributed by atoms with Crippen LogP contribution in [0, 0.1) is 18.2 Å². The molecule has 0 aliphatic rings. The Morgan fingerprint density at radius 1 is 1.47 bits per heavy atom. The standard InChI is InChI=1S/C15H20FN/c1-3-5-6-10-15(17-4-2)12-13-8-7-9-14(16)11-13/h1,7-9,11,15,17H,4-6,10,12H2,2H3. The quantitative estimate of drug-likeness (QED) is 0.563. The largest absolute Gasteiger partial charge is 0.314 e. The lowest BCUT2D eigenvalue weighted by atomic mass is 10.0. The summed E-state index contributed by atoms with van der Waals surface area (Å²) in [6, 6.07) is 7.19. The number of unbranched alkanes of at least 4 members (excludes halogenated alkanes) is 1. The molecule has 1 aromatic carbocycles. The first-order valence-corrected chi connectivity index (χ1v) is 6.17. The highest BCUT2D eigenvalue weighted by Gasteiger charge is 2.08. The molecule has 0 heterocycles. The molecule has 0 aliphatic heterocycles. The molecule has 0 saturated carbocycles. The van der Waals surface area contributed by atoms with Gasteiger partial charge in [0.1, 0.15) is 5.82 Å². The van der Waals surface area contributed by atoms with Crippen LogP contribution in [-0.4, -0.2) is 12.6 Å². The zero-order chi connectivity index (χ0) is 12.5. The summed E-state index contributed by atoms with van der Waals surface area (Å²) >= 11 is 0. The van der Waals surface area contributed by atoms with Crippen LogP contribution < -0.4 is 5.32 Å². The summed E-state index contributed by atoms with van der Waals surface area (Å²) in [6.45, 7) is 3.01. The predicted molar refractivity (Wildman–Crippen MR) is 70.3 cm³/mol. The van der Waals surface area contributed by atoms with Crippen molar-refractivity contribution >= 4 is 0 Å². The molecule has 1 rings (SSSR count). The number of rotatable bonds is 7. The third-order valence-electron chi connectivity index (χ3n) is 2.74. The van der Waals surface area contributed by atoms with E-state index < -0.39 is 0 Å². The van der Waals surface area contributed by atoms with E-state index in [1.165, 1.54) is 6.07 Å². The van der Waals surface area contributed by atoms with Crippen molar-refractivity contribution in [2.45, 2.75) is 38.6 Å². The van der Waals surface area contributed by atoms with E-state index in [-0.39, 0.29) is 5.82 Å². The van der Waals surface area contributed by atoms with Gasteiger partial charge in [0.05, 0.1) is 0 Å². The van der Waals surface area contributed by atoms with E-state index in [0.29, 0.717) is 6.04 Å². The van der Waals surface area contributed by atoms with Crippen molar-refractivity contribution in [3.8, 4) is 12.3 Å². The Kier molecular flexibility index (Phi) is 6.35. The second kappa shape index (κ2) is 7.86. The fourth-order valence-corrected chi connectivity index (χ4v) is 1.96. The molecular formula is C15H20FN. The number of hydrogen-bond acceptors (Lipinski definition) is 1. The normalized spacial score (nSPS) is 12.1. The molecule has 0 saturated heterocycles. The molecule has 0 radical (unpaired) electrons. The fourth-order valence-electron chi connectivity index (χ4n) is 1.96. The predicted octanol–water partition coefficient (Wildman–Crippen LogP) is 3.15. The van der Waals surface area contributed by atoms with E-state index in [1.807, 2.05) is 6.07 Å². The van der Waals surface area contributed by atoms with Gasteiger partial charge in [-0.3, -0.25) is 0 Å². The number of hydrogen-bond donors (Lipinski definition) is 1. The Balaban J connectivity index is 2.51. The maximum Gasteiger partial charge on any atom is 0.123 e. The third-order valence-corrected chi connectivity index (χ3v) is 2.74. The van der Waals surface area contributed by atoms with Gasteiger partial charge < -0.3 is 5.32 Å². The van der Waals surface area contributed by atoms with Crippen molar-refractivity contribution in [3.05, 3.63) is 35.6 Å². The highest BCUT2D eigenvalue weighted by Crippen LogP contribution is 2.10. The average Bonchev–Trinajstić information content (AvgIpc) is 2.29. The minimum atomic E-state index is -0.165. The van der Waals surface area contributed by atoms with Gasteiger partial charge in [-0.25, -0.2) is 4.39 Å². The lowest BCUT2D eigenvalue weighted by molar-refractivity contribution is 0.478. The van der Waals surface area contributed by atoms with E-state index in [4.69, 9.17) is 6.42 Å². The van der Waals surface area contributed by atoms with Crippen molar-refractivity contribution in [1.29, 1.82) is 0 Å². The van der Waals surface area contributed by atoms with Crippen molar-refractivity contribution < 1.29 is 4.39 Å². The van der Waals surface area contributed by atoms with Gasteiger partial charge in [-0.05, 0) is 43.5 Å². The van der Waals surface area contributed by atoms with Crippen LogP contribution in [0.4, 0.5) is 4.39 Å². The van der Waals surface area contributed by atoms with E-state index in [9.17, 15) is 4.39 Å². The van der Waals surface area contributed by atoms with E-state index in [2.05, 4.69) is 18.2 Å². The summed E-state index contributed by atoms with van der Waals surface area (Å²) in [5.74, 6) is 2.48. The van der Waals surface area contributed by atoms with Crippen LogP contribution in [0.5, 0.6) is 0 Å². The summed E-state index contributed by atoms with van der Waals surface area (Å²) in [5, 5.41) is 3.42. The van der Waals surface area contributed by atoms with Gasteiger partial charge in [0.2, 0.25) is 0 Å². The first-order valence-electron chi connectivity index (χ1n) is 6.17. The summed E-state index contributed by atoms with van der Waals surface area (Å²) in [6.07, 6.45) is 8.96. The van der Waals surface area contributed by atoms with Crippen LogP contribution >= 0.6 is 0 Å². The molecule has 0 aromatic heterocycles. The van der Waals surface area contributed by atoms with Crippen molar-refractivity contribution in [2.75, 3.05) is 6.54 Å². The first-order chi connectivity index (χ1) is 8.26. The van der Waals surface area contributed by atoms with E-state index in [0.717, 1.165) is 37.8 Å². The molecule has 1 atom stereocenters. The van der Waals surface area contributed by atoms with E-state index in [1.54, 1.807) is 12.1 Å². The van der Waals surface area contributed by atoms with Gasteiger partial charge in [0, 0.05) is 12.5 Å². The summed E-state index contributed by atoms with van der Waals surface area (Å²) in [5.41, 5.74) is 1.04. The third kappa shape index (κ3) is 5.51. The van der Waals surface area contributed by atoms with Crippen molar-refractivity contribution in [1.82, 2.24) is 5.32 Å². The number of terminal acetylenes is 1. The molecule has 17 heavy (non-hydrogen) atoms. The Hall–Kier alpha value is -1.33. The highest BCUT2D eigenvalue weighted by molar-refractivity contribution is 5.17. The number of benzene rings is 1. The van der Waals surface area contributed by atoms with Gasteiger partial charge in [-0.2, -0.15) is 0 Å². The van der Waals surface area contributed by atoms with Crippen LogP contribution in [0.3, 0.4) is 0 Å². The maximum atomic E-state index is 13.1. The van der Waals surface area contributed by atoms with Crippen LogP contribution in [0.2, 0.25) is 0 Å². The fraction of sp³-hybridized carbons (Fsp3) is 0.467. The molecule has 1 aromatic rings.